The number of likely N-dealkylation sites (tertiary alicyclic amines) is 1. The Balaban J connectivity index is 0.00000240. The predicted octanol–water partition coefficient (Wildman–Crippen LogP) is 3.87. The summed E-state index contributed by atoms with van der Waals surface area (Å²) in [4.78, 5) is 21.7. The average molecular weight is 385 g/mol. The number of carbonyl (C=O) groups excluding carboxylic acids is 1. The third kappa shape index (κ3) is 4.24. The molecular weight excluding hydrogens is 348 g/mol. The van der Waals surface area contributed by atoms with Gasteiger partial charge >= 0.3 is 0 Å². The van der Waals surface area contributed by atoms with Crippen LogP contribution in [0.4, 0.5) is 5.82 Å². The zero-order chi connectivity index (χ0) is 19.4. The van der Waals surface area contributed by atoms with Crippen LogP contribution in [-0.4, -0.2) is 54.6 Å². The summed E-state index contributed by atoms with van der Waals surface area (Å²) >= 11 is 0. The van der Waals surface area contributed by atoms with E-state index >= 15 is 0 Å². The quantitative estimate of drug-likeness (QED) is 0.783. The molecule has 154 valence electrons. The zero-order valence-corrected chi connectivity index (χ0v) is 17.0. The minimum absolute atomic E-state index is 0. The minimum Gasteiger partial charge on any atom is -0.357 e. The van der Waals surface area contributed by atoms with Crippen molar-refractivity contribution in [1.29, 1.82) is 0 Å². The van der Waals surface area contributed by atoms with E-state index in [0.717, 1.165) is 24.9 Å². The molecule has 3 fully saturated rings. The van der Waals surface area contributed by atoms with Gasteiger partial charge in [0, 0.05) is 33.3 Å². The normalized spacial score (nSPS) is 23.1. The Labute approximate surface area is 170 Å². The van der Waals surface area contributed by atoms with E-state index < -0.39 is 0 Å². The van der Waals surface area contributed by atoms with Crippen molar-refractivity contribution in [2.75, 3.05) is 37.6 Å². The Kier molecular flexibility index (Phi) is 6.00. The Morgan fingerprint density at radius 1 is 1.18 bits per heavy atom. The highest BCUT2D eigenvalue weighted by molar-refractivity contribution is 5.94. The van der Waals surface area contributed by atoms with Gasteiger partial charge in [0.05, 0.1) is 5.56 Å². The SMILES string of the molecule is C=CCNC(=O)c1ccc(N2CCC3(CC2)CCN(C2CCCC2)CC3)nc1.[HH]. The molecule has 1 aromatic rings. The molecule has 1 aliphatic carbocycles. The van der Waals surface area contributed by atoms with Crippen molar-refractivity contribution in [1.82, 2.24) is 15.2 Å². The van der Waals surface area contributed by atoms with Crippen LogP contribution in [0.1, 0.15) is 63.2 Å². The maximum atomic E-state index is 12.0. The molecule has 5 heteroatoms. The fraction of sp³-hybridized carbons (Fsp3) is 0.652. The van der Waals surface area contributed by atoms with Crippen molar-refractivity contribution < 1.29 is 6.22 Å². The average Bonchev–Trinajstić information content (AvgIpc) is 3.28. The molecule has 2 aliphatic heterocycles. The summed E-state index contributed by atoms with van der Waals surface area (Å²) in [6.45, 7) is 8.87. The zero-order valence-electron chi connectivity index (χ0n) is 17.0. The van der Waals surface area contributed by atoms with E-state index in [1.165, 1.54) is 64.5 Å². The Morgan fingerprint density at radius 2 is 1.86 bits per heavy atom. The fourth-order valence-corrected chi connectivity index (χ4v) is 5.32. The van der Waals surface area contributed by atoms with Crippen molar-refractivity contribution in [3.05, 3.63) is 36.5 Å². The molecule has 1 amide bonds. The Bertz CT molecular complexity index is 669. The molecule has 4 rings (SSSR count). The molecule has 1 aromatic heterocycles. The number of piperidine rings is 2. The number of rotatable bonds is 5. The number of nitrogens with one attached hydrogen (secondary N) is 1. The van der Waals surface area contributed by atoms with Gasteiger partial charge in [-0.25, -0.2) is 4.98 Å². The van der Waals surface area contributed by atoms with Gasteiger partial charge < -0.3 is 15.1 Å². The predicted molar refractivity (Wildman–Crippen MR) is 116 cm³/mol. The largest absolute Gasteiger partial charge is 0.357 e. The van der Waals surface area contributed by atoms with E-state index in [-0.39, 0.29) is 7.33 Å². The molecule has 1 saturated carbocycles. The number of amides is 1. The second-order valence-electron chi connectivity index (χ2n) is 8.87. The molecular formula is C23H36N4O. The summed E-state index contributed by atoms with van der Waals surface area (Å²) in [5, 5.41) is 2.80. The summed E-state index contributed by atoms with van der Waals surface area (Å²) in [7, 11) is 0. The van der Waals surface area contributed by atoms with Crippen molar-refractivity contribution in [3.63, 3.8) is 0 Å². The molecule has 5 nitrogen and oxygen atoms in total. The van der Waals surface area contributed by atoms with Crippen LogP contribution in [0.15, 0.2) is 31.0 Å². The highest BCUT2D eigenvalue weighted by Crippen LogP contribution is 2.43. The van der Waals surface area contributed by atoms with Crippen molar-refractivity contribution in [3.8, 4) is 0 Å². The van der Waals surface area contributed by atoms with Crippen molar-refractivity contribution in [2.24, 2.45) is 5.41 Å². The van der Waals surface area contributed by atoms with E-state index in [4.69, 9.17) is 0 Å². The number of pyridine rings is 1. The summed E-state index contributed by atoms with van der Waals surface area (Å²) in [5.74, 6) is 0.907. The maximum absolute atomic E-state index is 12.0. The van der Waals surface area contributed by atoms with Crippen molar-refractivity contribution >= 4 is 11.7 Å². The lowest BCUT2D eigenvalue weighted by Crippen LogP contribution is -2.49. The third-order valence-electron chi connectivity index (χ3n) is 7.26. The first-order chi connectivity index (χ1) is 13.7. The molecule has 28 heavy (non-hydrogen) atoms. The molecule has 3 aliphatic rings. The van der Waals surface area contributed by atoms with Gasteiger partial charge in [0.15, 0.2) is 0 Å². The van der Waals surface area contributed by atoms with E-state index in [1.807, 2.05) is 12.1 Å². The molecule has 0 radical (unpaired) electrons. The fourth-order valence-electron chi connectivity index (χ4n) is 5.32. The van der Waals surface area contributed by atoms with Gasteiger partial charge in [0.25, 0.3) is 5.91 Å². The van der Waals surface area contributed by atoms with Crippen LogP contribution >= 0.6 is 0 Å². The number of hydrogen-bond donors (Lipinski definition) is 1. The van der Waals surface area contributed by atoms with Crippen LogP contribution < -0.4 is 10.2 Å². The Morgan fingerprint density at radius 3 is 2.46 bits per heavy atom. The van der Waals surface area contributed by atoms with E-state index in [0.29, 0.717) is 17.5 Å². The summed E-state index contributed by atoms with van der Waals surface area (Å²) in [5.41, 5.74) is 1.16. The van der Waals surface area contributed by atoms with Gasteiger partial charge in [0.1, 0.15) is 5.82 Å². The lowest BCUT2D eigenvalue weighted by molar-refractivity contribution is 0.0558. The first-order valence-electron chi connectivity index (χ1n) is 11.0. The molecule has 0 unspecified atom stereocenters. The third-order valence-corrected chi connectivity index (χ3v) is 7.26. The molecule has 1 N–H and O–H groups in total. The lowest BCUT2D eigenvalue weighted by Gasteiger charge is -2.48. The van der Waals surface area contributed by atoms with Crippen LogP contribution in [0.3, 0.4) is 0 Å². The van der Waals surface area contributed by atoms with Crippen LogP contribution in [0.2, 0.25) is 0 Å². The smallest absolute Gasteiger partial charge is 0.253 e. The first kappa shape index (κ1) is 19.4. The summed E-state index contributed by atoms with van der Waals surface area (Å²) in [6, 6.07) is 4.75. The van der Waals surface area contributed by atoms with Crippen molar-refractivity contribution in [2.45, 2.75) is 57.4 Å². The van der Waals surface area contributed by atoms with Crippen LogP contribution in [0.25, 0.3) is 0 Å². The van der Waals surface area contributed by atoms with Gasteiger partial charge in [-0.1, -0.05) is 18.9 Å². The summed E-state index contributed by atoms with van der Waals surface area (Å²) < 4.78 is 0. The topological polar surface area (TPSA) is 48.5 Å². The molecule has 0 bridgehead atoms. The maximum Gasteiger partial charge on any atom is 0.253 e. The first-order valence-corrected chi connectivity index (χ1v) is 11.0. The molecule has 1 spiro atoms. The number of hydrogen-bond acceptors (Lipinski definition) is 4. The molecule has 0 aromatic carbocycles. The van der Waals surface area contributed by atoms with E-state index in [1.54, 1.807) is 12.3 Å². The second kappa shape index (κ2) is 8.64. The minimum atomic E-state index is -0.0921. The van der Waals surface area contributed by atoms with E-state index in [9.17, 15) is 4.79 Å². The standard InChI is InChI=1S/C23H34N4O.H2/c1-2-13-24-22(28)19-7-8-21(25-18-19)27-16-11-23(12-17-27)9-14-26(15-10-23)20-5-3-4-6-20;/h2,7-8,18,20H,1,3-6,9-17H2,(H,24,28);1H. The van der Waals surface area contributed by atoms with Gasteiger partial charge in [-0.05, 0) is 69.2 Å². The van der Waals surface area contributed by atoms with Crippen LogP contribution in [0, 0.1) is 5.41 Å². The highest BCUT2D eigenvalue weighted by atomic mass is 16.1. The van der Waals surface area contributed by atoms with Crippen LogP contribution in [0.5, 0.6) is 0 Å². The van der Waals surface area contributed by atoms with Gasteiger partial charge in [-0.2, -0.15) is 0 Å². The number of aromatic nitrogens is 1. The van der Waals surface area contributed by atoms with Gasteiger partial charge in [-0.3, -0.25) is 4.79 Å². The lowest BCUT2D eigenvalue weighted by atomic mass is 9.71. The monoisotopic (exact) mass is 384 g/mol. The number of carbonyl (C=O) groups is 1. The number of nitrogens with zero attached hydrogens (tertiary/aromatic N) is 3. The highest BCUT2D eigenvalue weighted by Gasteiger charge is 2.39. The molecule has 0 atom stereocenters. The van der Waals surface area contributed by atoms with Gasteiger partial charge in [0.2, 0.25) is 0 Å². The Hall–Kier alpha value is -1.88. The molecule has 2 saturated heterocycles. The van der Waals surface area contributed by atoms with E-state index in [2.05, 4.69) is 26.7 Å². The van der Waals surface area contributed by atoms with Crippen LogP contribution in [-0.2, 0) is 0 Å². The number of anilines is 1. The summed E-state index contributed by atoms with van der Waals surface area (Å²) in [6.07, 6.45) is 14.4. The molecule has 3 heterocycles. The van der Waals surface area contributed by atoms with Gasteiger partial charge in [-0.15, -0.1) is 6.58 Å². The second-order valence-corrected chi connectivity index (χ2v) is 8.87.